The molecule has 0 radical (unpaired) electrons. The van der Waals surface area contributed by atoms with E-state index in [9.17, 15) is 9.59 Å². The molecule has 7 nitrogen and oxygen atoms in total. The molecule has 1 heterocycles. The van der Waals surface area contributed by atoms with Crippen LogP contribution in [0, 0.1) is 0 Å². The van der Waals surface area contributed by atoms with Gasteiger partial charge in [-0.1, -0.05) is 48.5 Å². The molecule has 1 fully saturated rings. The number of benzene rings is 2. The number of carboxylic acids is 1. The van der Waals surface area contributed by atoms with E-state index in [0.717, 1.165) is 30.5 Å². The molecule has 0 spiro atoms. The van der Waals surface area contributed by atoms with E-state index < -0.39 is 12.1 Å². The van der Waals surface area contributed by atoms with Crippen LogP contribution in [0.2, 0.25) is 0 Å². The summed E-state index contributed by atoms with van der Waals surface area (Å²) in [4.78, 5) is 25.2. The molecule has 2 aromatic rings. The third-order valence-electron chi connectivity index (χ3n) is 4.79. The van der Waals surface area contributed by atoms with Gasteiger partial charge in [-0.25, -0.2) is 4.79 Å². The fourth-order valence-electron chi connectivity index (χ4n) is 3.52. The predicted molar refractivity (Wildman–Crippen MR) is 99.0 cm³/mol. The highest BCUT2D eigenvalue weighted by Crippen LogP contribution is 2.44. The Kier molecular flexibility index (Phi) is 6.05. The Morgan fingerprint density at radius 2 is 1.67 bits per heavy atom. The summed E-state index contributed by atoms with van der Waals surface area (Å²) in [6.07, 6.45) is 0.925. The summed E-state index contributed by atoms with van der Waals surface area (Å²) in [7, 11) is 0. The molecule has 4 rings (SSSR count). The molecule has 4 N–H and O–H groups in total. The SMILES string of the molecule is NOC(=O)OCC1c2ccccc2-c2ccccc21.O=C(O)[C@@H]1CCCN1. The standard InChI is InChI=1S/C15H13NO3.C5H9NO2/c16-19-15(17)18-9-14-12-7-3-1-5-10(12)11-6-2-4-8-13(11)14;7-5(8)4-2-1-3-6-4/h1-8,14H,9,16H2;4,6H,1-3H2,(H,7,8)/t;4-/m.0/s1. The van der Waals surface area contributed by atoms with Gasteiger partial charge in [0, 0.05) is 5.92 Å². The molecule has 0 bridgehead atoms. The number of nitrogens with one attached hydrogen (secondary N) is 1. The van der Waals surface area contributed by atoms with Crippen LogP contribution in [0.15, 0.2) is 48.5 Å². The summed E-state index contributed by atoms with van der Waals surface area (Å²) in [5, 5.41) is 11.2. The van der Waals surface area contributed by atoms with Crippen molar-refractivity contribution >= 4 is 12.1 Å². The lowest BCUT2D eigenvalue weighted by molar-refractivity contribution is -0.139. The summed E-state index contributed by atoms with van der Waals surface area (Å²) >= 11 is 0. The first-order valence-electron chi connectivity index (χ1n) is 8.79. The lowest BCUT2D eigenvalue weighted by Gasteiger charge is -2.12. The molecule has 1 aliphatic heterocycles. The van der Waals surface area contributed by atoms with Crippen LogP contribution in [0.4, 0.5) is 4.79 Å². The molecule has 2 aliphatic rings. The Labute approximate surface area is 157 Å². The van der Waals surface area contributed by atoms with E-state index in [4.69, 9.17) is 15.7 Å². The van der Waals surface area contributed by atoms with Crippen molar-refractivity contribution in [2.75, 3.05) is 13.2 Å². The zero-order valence-electron chi connectivity index (χ0n) is 14.8. The van der Waals surface area contributed by atoms with Gasteiger partial charge >= 0.3 is 12.1 Å². The molecule has 1 atom stereocenters. The smallest absolute Gasteiger partial charge is 0.480 e. The molecule has 0 saturated carbocycles. The first kappa shape index (κ1) is 18.9. The monoisotopic (exact) mass is 370 g/mol. The summed E-state index contributed by atoms with van der Waals surface area (Å²) in [5.41, 5.74) is 4.70. The van der Waals surface area contributed by atoms with Crippen LogP contribution >= 0.6 is 0 Å². The molecule has 1 saturated heterocycles. The first-order valence-corrected chi connectivity index (χ1v) is 8.79. The Morgan fingerprint density at radius 1 is 1.07 bits per heavy atom. The summed E-state index contributed by atoms with van der Waals surface area (Å²) in [6.45, 7) is 1.08. The summed E-state index contributed by atoms with van der Waals surface area (Å²) < 4.78 is 5.00. The largest absolute Gasteiger partial charge is 0.527 e. The van der Waals surface area contributed by atoms with E-state index in [0.29, 0.717) is 0 Å². The Morgan fingerprint density at radius 3 is 2.11 bits per heavy atom. The van der Waals surface area contributed by atoms with Gasteiger partial charge in [-0.05, 0) is 41.6 Å². The highest BCUT2D eigenvalue weighted by atomic mass is 16.8. The Bertz CT molecular complexity index is 772. The first-order chi connectivity index (χ1) is 13.1. The highest BCUT2D eigenvalue weighted by Gasteiger charge is 2.29. The summed E-state index contributed by atoms with van der Waals surface area (Å²) in [6, 6.07) is 16.0. The minimum Gasteiger partial charge on any atom is -0.480 e. The van der Waals surface area contributed by atoms with Crippen molar-refractivity contribution in [3.63, 3.8) is 0 Å². The lowest BCUT2D eigenvalue weighted by Crippen LogP contribution is -2.29. The van der Waals surface area contributed by atoms with Crippen molar-refractivity contribution in [2.45, 2.75) is 24.8 Å². The Hall–Kier alpha value is -2.90. The number of ether oxygens (including phenoxy) is 1. The number of nitrogens with two attached hydrogens (primary N) is 1. The van der Waals surface area contributed by atoms with Gasteiger partial charge in [0.2, 0.25) is 0 Å². The van der Waals surface area contributed by atoms with Crippen molar-refractivity contribution in [3.8, 4) is 11.1 Å². The van der Waals surface area contributed by atoms with Gasteiger partial charge in [-0.3, -0.25) is 4.79 Å². The van der Waals surface area contributed by atoms with Crippen molar-refractivity contribution in [1.82, 2.24) is 5.32 Å². The fraction of sp³-hybridized carbons (Fsp3) is 0.300. The van der Waals surface area contributed by atoms with Gasteiger partial charge in [0.25, 0.3) is 0 Å². The van der Waals surface area contributed by atoms with Crippen LogP contribution < -0.4 is 11.2 Å². The summed E-state index contributed by atoms with van der Waals surface area (Å²) in [5.74, 6) is 4.09. The number of carbonyl (C=O) groups is 2. The molecule has 0 amide bonds. The van der Waals surface area contributed by atoms with Crippen LogP contribution in [-0.2, 0) is 14.4 Å². The van der Waals surface area contributed by atoms with E-state index >= 15 is 0 Å². The number of fused-ring (bicyclic) bond motifs is 3. The third kappa shape index (κ3) is 4.27. The maximum Gasteiger partial charge on any atom is 0.527 e. The predicted octanol–water partition coefficient (Wildman–Crippen LogP) is 2.65. The maximum absolute atomic E-state index is 11.0. The van der Waals surface area contributed by atoms with Gasteiger partial charge in [0.15, 0.2) is 0 Å². The van der Waals surface area contributed by atoms with Gasteiger partial charge in [-0.15, -0.1) is 0 Å². The van der Waals surface area contributed by atoms with E-state index in [1.165, 1.54) is 11.1 Å². The van der Waals surface area contributed by atoms with Crippen LogP contribution in [0.5, 0.6) is 0 Å². The van der Waals surface area contributed by atoms with Crippen molar-refractivity contribution in [3.05, 3.63) is 59.7 Å². The molecular formula is C20H22N2O5. The molecule has 7 heteroatoms. The number of hydrogen-bond donors (Lipinski definition) is 3. The van der Waals surface area contributed by atoms with Gasteiger partial charge in [-0.2, -0.15) is 5.90 Å². The van der Waals surface area contributed by atoms with Crippen LogP contribution in [0.3, 0.4) is 0 Å². The van der Waals surface area contributed by atoms with Gasteiger partial charge < -0.3 is 20.0 Å². The average molecular weight is 370 g/mol. The van der Waals surface area contributed by atoms with E-state index in [2.05, 4.69) is 34.4 Å². The van der Waals surface area contributed by atoms with Gasteiger partial charge in [0.1, 0.15) is 12.6 Å². The topological polar surface area (TPSA) is 111 Å². The molecule has 142 valence electrons. The van der Waals surface area contributed by atoms with Crippen molar-refractivity contribution < 1.29 is 24.3 Å². The molecule has 27 heavy (non-hydrogen) atoms. The second-order valence-electron chi connectivity index (χ2n) is 6.39. The number of carboxylic acid groups (broad SMARTS) is 1. The Balaban J connectivity index is 0.000000221. The molecule has 0 unspecified atom stereocenters. The minimum atomic E-state index is -0.859. The van der Waals surface area contributed by atoms with Gasteiger partial charge in [0.05, 0.1) is 0 Å². The van der Waals surface area contributed by atoms with Crippen LogP contribution in [0.25, 0.3) is 11.1 Å². The third-order valence-corrected chi connectivity index (χ3v) is 4.79. The second-order valence-corrected chi connectivity index (χ2v) is 6.39. The van der Waals surface area contributed by atoms with E-state index in [-0.39, 0.29) is 18.6 Å². The zero-order valence-corrected chi connectivity index (χ0v) is 14.8. The molecule has 1 aliphatic carbocycles. The lowest BCUT2D eigenvalue weighted by atomic mass is 9.98. The average Bonchev–Trinajstić information content (AvgIpc) is 3.34. The number of hydrogen-bond acceptors (Lipinski definition) is 6. The highest BCUT2D eigenvalue weighted by molar-refractivity contribution is 5.79. The normalized spacial score (nSPS) is 17.3. The van der Waals surface area contributed by atoms with Crippen molar-refractivity contribution in [1.29, 1.82) is 0 Å². The van der Waals surface area contributed by atoms with Crippen LogP contribution in [-0.4, -0.2) is 36.4 Å². The second kappa shape index (κ2) is 8.66. The quantitative estimate of drug-likeness (QED) is 0.562. The minimum absolute atomic E-state index is 0.0338. The van der Waals surface area contributed by atoms with Crippen LogP contribution in [0.1, 0.15) is 29.9 Å². The molecule has 2 aromatic carbocycles. The zero-order chi connectivity index (χ0) is 19.2. The fourth-order valence-corrected chi connectivity index (χ4v) is 3.52. The number of rotatable bonds is 3. The maximum atomic E-state index is 11.0. The molecule has 0 aromatic heterocycles. The van der Waals surface area contributed by atoms with E-state index in [1.807, 2.05) is 24.3 Å². The van der Waals surface area contributed by atoms with E-state index in [1.54, 1.807) is 0 Å². The van der Waals surface area contributed by atoms with Crippen molar-refractivity contribution in [2.24, 2.45) is 5.90 Å². The number of carbonyl (C=O) groups excluding carboxylic acids is 1. The number of aliphatic carboxylic acids is 1. The molecular weight excluding hydrogens is 348 g/mol.